The van der Waals surface area contributed by atoms with Crippen molar-refractivity contribution in [1.82, 2.24) is 4.72 Å². The van der Waals surface area contributed by atoms with Crippen molar-refractivity contribution in [3.63, 3.8) is 0 Å². The number of sulfonamides is 1. The number of hydrogen-bond acceptors (Lipinski definition) is 3. The summed E-state index contributed by atoms with van der Waals surface area (Å²) in [6.07, 6.45) is 0. The molecule has 0 amide bonds. The number of rotatable bonds is 7. The SMILES string of the molecule is CCOc1ccccc1CNS(=O)(=O)Cc1cccc(Cl)c1. The highest BCUT2D eigenvalue weighted by Gasteiger charge is 2.13. The standard InChI is InChI=1S/C16H18ClNO3S/c1-2-21-16-9-4-3-7-14(16)11-18-22(19,20)12-13-6-5-8-15(17)10-13/h3-10,18H,2,11-12H2,1H3. The molecule has 0 aromatic heterocycles. The molecular formula is C16H18ClNO3S. The van der Waals surface area contributed by atoms with Crippen molar-refractivity contribution < 1.29 is 13.2 Å². The zero-order chi connectivity index (χ0) is 16.0. The van der Waals surface area contributed by atoms with Crippen LogP contribution in [0.3, 0.4) is 0 Å². The first-order chi connectivity index (χ1) is 10.5. The molecule has 0 atom stereocenters. The van der Waals surface area contributed by atoms with Gasteiger partial charge in [-0.3, -0.25) is 0 Å². The minimum atomic E-state index is -3.45. The van der Waals surface area contributed by atoms with Crippen LogP contribution in [0, 0.1) is 0 Å². The molecule has 0 saturated heterocycles. The van der Waals surface area contributed by atoms with Crippen LogP contribution in [0.4, 0.5) is 0 Å². The van der Waals surface area contributed by atoms with Crippen molar-refractivity contribution in [2.24, 2.45) is 0 Å². The van der Waals surface area contributed by atoms with Gasteiger partial charge in [0, 0.05) is 17.1 Å². The van der Waals surface area contributed by atoms with Crippen LogP contribution in [0.25, 0.3) is 0 Å². The second-order valence-corrected chi connectivity index (χ2v) is 6.99. The summed E-state index contributed by atoms with van der Waals surface area (Å²) in [7, 11) is -3.45. The number of para-hydroxylation sites is 1. The maximum absolute atomic E-state index is 12.2. The molecule has 0 radical (unpaired) electrons. The Balaban J connectivity index is 2.04. The molecule has 6 heteroatoms. The molecule has 1 N–H and O–H groups in total. The summed E-state index contributed by atoms with van der Waals surface area (Å²) in [6, 6.07) is 14.2. The lowest BCUT2D eigenvalue weighted by Crippen LogP contribution is -2.25. The van der Waals surface area contributed by atoms with Gasteiger partial charge in [0.1, 0.15) is 5.75 Å². The molecule has 0 spiro atoms. The Morgan fingerprint density at radius 1 is 1.14 bits per heavy atom. The second kappa shape index (κ2) is 7.63. The largest absolute Gasteiger partial charge is 0.494 e. The maximum Gasteiger partial charge on any atom is 0.216 e. The zero-order valence-electron chi connectivity index (χ0n) is 12.3. The fourth-order valence-electron chi connectivity index (χ4n) is 2.03. The highest BCUT2D eigenvalue weighted by atomic mass is 35.5. The summed E-state index contributed by atoms with van der Waals surface area (Å²) in [6.45, 7) is 2.62. The van der Waals surface area contributed by atoms with Crippen LogP contribution in [-0.4, -0.2) is 15.0 Å². The molecule has 4 nitrogen and oxygen atoms in total. The average Bonchev–Trinajstić information content (AvgIpc) is 2.46. The smallest absolute Gasteiger partial charge is 0.216 e. The first-order valence-electron chi connectivity index (χ1n) is 6.92. The lowest BCUT2D eigenvalue weighted by atomic mass is 10.2. The molecule has 2 rings (SSSR count). The van der Waals surface area contributed by atoms with Gasteiger partial charge in [-0.05, 0) is 30.7 Å². The summed E-state index contributed by atoms with van der Waals surface area (Å²) < 4.78 is 32.4. The van der Waals surface area contributed by atoms with Crippen molar-refractivity contribution in [2.45, 2.75) is 19.2 Å². The minimum Gasteiger partial charge on any atom is -0.494 e. The van der Waals surface area contributed by atoms with Gasteiger partial charge < -0.3 is 4.74 Å². The Morgan fingerprint density at radius 3 is 2.64 bits per heavy atom. The van der Waals surface area contributed by atoms with Crippen molar-refractivity contribution in [3.05, 3.63) is 64.7 Å². The fourth-order valence-corrected chi connectivity index (χ4v) is 3.34. The highest BCUT2D eigenvalue weighted by Crippen LogP contribution is 2.18. The number of halogens is 1. The summed E-state index contributed by atoms with van der Waals surface area (Å²) in [5.74, 6) is 0.583. The van der Waals surface area contributed by atoms with E-state index in [1.165, 1.54) is 0 Å². The van der Waals surface area contributed by atoms with Crippen LogP contribution >= 0.6 is 11.6 Å². The molecule has 0 saturated carbocycles. The van der Waals surface area contributed by atoms with Crippen molar-refractivity contribution >= 4 is 21.6 Å². The van der Waals surface area contributed by atoms with Gasteiger partial charge >= 0.3 is 0 Å². The number of ether oxygens (including phenoxy) is 1. The number of hydrogen-bond donors (Lipinski definition) is 1. The van der Waals surface area contributed by atoms with Crippen LogP contribution < -0.4 is 9.46 Å². The van der Waals surface area contributed by atoms with Crippen molar-refractivity contribution in [2.75, 3.05) is 6.61 Å². The van der Waals surface area contributed by atoms with Crippen molar-refractivity contribution in [1.29, 1.82) is 0 Å². The van der Waals surface area contributed by atoms with E-state index in [0.29, 0.717) is 22.9 Å². The molecule has 0 bridgehead atoms. The fraction of sp³-hybridized carbons (Fsp3) is 0.250. The molecule has 0 aliphatic carbocycles. The lowest BCUT2D eigenvalue weighted by Gasteiger charge is -2.11. The Bertz CT molecular complexity index is 732. The van der Waals surface area contributed by atoms with Gasteiger partial charge in [0.25, 0.3) is 0 Å². The predicted octanol–water partition coefficient (Wildman–Crippen LogP) is 3.36. The summed E-state index contributed by atoms with van der Waals surface area (Å²) in [5, 5.41) is 0.523. The van der Waals surface area contributed by atoms with E-state index in [-0.39, 0.29) is 12.3 Å². The lowest BCUT2D eigenvalue weighted by molar-refractivity contribution is 0.336. The van der Waals surface area contributed by atoms with E-state index < -0.39 is 10.0 Å². The molecule has 0 unspecified atom stereocenters. The van der Waals surface area contributed by atoms with Gasteiger partial charge in [-0.15, -0.1) is 0 Å². The molecule has 2 aromatic rings. The first kappa shape index (κ1) is 16.8. The molecular weight excluding hydrogens is 322 g/mol. The third kappa shape index (κ3) is 5.02. The van der Waals surface area contributed by atoms with Crippen LogP contribution in [0.2, 0.25) is 5.02 Å². The molecule has 22 heavy (non-hydrogen) atoms. The van der Waals surface area contributed by atoms with Crippen LogP contribution in [0.5, 0.6) is 5.75 Å². The predicted molar refractivity (Wildman–Crippen MR) is 88.5 cm³/mol. The molecule has 0 heterocycles. The second-order valence-electron chi connectivity index (χ2n) is 4.75. The minimum absolute atomic E-state index is 0.107. The normalized spacial score (nSPS) is 11.4. The summed E-state index contributed by atoms with van der Waals surface area (Å²) in [4.78, 5) is 0. The number of nitrogens with one attached hydrogen (secondary N) is 1. The molecule has 0 fully saturated rings. The Kier molecular flexibility index (Phi) is 5.83. The number of benzene rings is 2. The summed E-state index contributed by atoms with van der Waals surface area (Å²) in [5.41, 5.74) is 1.46. The van der Waals surface area contributed by atoms with Gasteiger partial charge in [0.2, 0.25) is 10.0 Å². The van der Waals surface area contributed by atoms with Gasteiger partial charge in [-0.2, -0.15) is 0 Å². The zero-order valence-corrected chi connectivity index (χ0v) is 13.8. The van der Waals surface area contributed by atoms with E-state index in [1.807, 2.05) is 31.2 Å². The quantitative estimate of drug-likeness (QED) is 0.841. The Hall–Kier alpha value is -1.56. The third-order valence-corrected chi connectivity index (χ3v) is 4.53. The topological polar surface area (TPSA) is 55.4 Å². The molecule has 2 aromatic carbocycles. The van der Waals surface area contributed by atoms with E-state index in [1.54, 1.807) is 24.3 Å². The van der Waals surface area contributed by atoms with E-state index in [9.17, 15) is 8.42 Å². The van der Waals surface area contributed by atoms with Gasteiger partial charge in [0.05, 0.1) is 12.4 Å². The van der Waals surface area contributed by atoms with E-state index in [4.69, 9.17) is 16.3 Å². The van der Waals surface area contributed by atoms with Gasteiger partial charge in [-0.1, -0.05) is 41.9 Å². The van der Waals surface area contributed by atoms with Crippen molar-refractivity contribution in [3.8, 4) is 5.75 Å². The Morgan fingerprint density at radius 2 is 1.91 bits per heavy atom. The van der Waals surface area contributed by atoms with Crippen LogP contribution in [0.1, 0.15) is 18.1 Å². The van der Waals surface area contributed by atoms with Crippen LogP contribution in [0.15, 0.2) is 48.5 Å². The molecule has 0 aliphatic rings. The van der Waals surface area contributed by atoms with Gasteiger partial charge in [-0.25, -0.2) is 13.1 Å². The first-order valence-corrected chi connectivity index (χ1v) is 8.95. The van der Waals surface area contributed by atoms with E-state index in [0.717, 1.165) is 5.56 Å². The van der Waals surface area contributed by atoms with Gasteiger partial charge in [0.15, 0.2) is 0 Å². The summed E-state index contributed by atoms with van der Waals surface area (Å²) >= 11 is 5.87. The monoisotopic (exact) mass is 339 g/mol. The maximum atomic E-state index is 12.2. The van der Waals surface area contributed by atoms with E-state index >= 15 is 0 Å². The third-order valence-electron chi connectivity index (χ3n) is 3.00. The van der Waals surface area contributed by atoms with Crippen LogP contribution in [-0.2, 0) is 22.3 Å². The highest BCUT2D eigenvalue weighted by molar-refractivity contribution is 7.88. The average molecular weight is 340 g/mol. The molecule has 118 valence electrons. The Labute approximate surface area is 136 Å². The van der Waals surface area contributed by atoms with E-state index in [2.05, 4.69) is 4.72 Å². The molecule has 0 aliphatic heterocycles.